The Morgan fingerprint density at radius 3 is 3.20 bits per heavy atom. The van der Waals surface area contributed by atoms with Crippen molar-refractivity contribution in [3.63, 3.8) is 0 Å². The van der Waals surface area contributed by atoms with Gasteiger partial charge in [-0.25, -0.2) is 5.48 Å². The van der Waals surface area contributed by atoms with E-state index in [1.54, 1.807) is 5.48 Å². The van der Waals surface area contributed by atoms with Crippen molar-refractivity contribution in [2.24, 2.45) is 0 Å². The first-order chi connectivity index (χ1) is 9.78. The Morgan fingerprint density at radius 2 is 2.45 bits per heavy atom. The van der Waals surface area contributed by atoms with Crippen LogP contribution in [-0.4, -0.2) is 46.7 Å². The van der Waals surface area contributed by atoms with Crippen molar-refractivity contribution in [3.8, 4) is 0 Å². The highest BCUT2D eigenvalue weighted by molar-refractivity contribution is 5.93. The van der Waals surface area contributed by atoms with E-state index in [2.05, 4.69) is 15.2 Å². The Hall–Kier alpha value is -1.50. The third kappa shape index (κ3) is 2.67. The second-order valence-corrected chi connectivity index (χ2v) is 5.49. The molecule has 0 bridgehead atoms. The second-order valence-electron chi connectivity index (χ2n) is 5.49. The summed E-state index contributed by atoms with van der Waals surface area (Å²) in [6.45, 7) is 4.03. The fourth-order valence-corrected chi connectivity index (χ4v) is 3.08. The van der Waals surface area contributed by atoms with Gasteiger partial charge in [-0.1, -0.05) is 0 Å². The van der Waals surface area contributed by atoms with E-state index in [1.807, 2.05) is 6.07 Å². The highest BCUT2D eigenvalue weighted by Gasteiger charge is 2.26. The molecular weight excluding hydrogens is 256 g/mol. The van der Waals surface area contributed by atoms with Crippen molar-refractivity contribution in [1.29, 1.82) is 0 Å². The smallest absolute Gasteiger partial charge is 0.276 e. The first kappa shape index (κ1) is 13.5. The third-order valence-corrected chi connectivity index (χ3v) is 4.23. The summed E-state index contributed by atoms with van der Waals surface area (Å²) in [7, 11) is 0. The number of carbonyl (C=O) groups excluding carboxylic acids is 1. The molecule has 0 aliphatic carbocycles. The molecule has 1 aromatic rings. The number of hydrogen-bond acceptors (Lipinski definition) is 5. The predicted molar refractivity (Wildman–Crippen MR) is 73.5 cm³/mol. The molecule has 20 heavy (non-hydrogen) atoms. The molecule has 0 saturated carbocycles. The predicted octanol–water partition coefficient (Wildman–Crippen LogP) is 0.311. The van der Waals surface area contributed by atoms with Gasteiger partial charge in [0.15, 0.2) is 0 Å². The number of amides is 1. The lowest BCUT2D eigenvalue weighted by Gasteiger charge is -2.37. The average molecular weight is 276 g/mol. The van der Waals surface area contributed by atoms with Gasteiger partial charge >= 0.3 is 0 Å². The van der Waals surface area contributed by atoms with Crippen LogP contribution in [0.3, 0.4) is 0 Å². The fourth-order valence-electron chi connectivity index (χ4n) is 3.08. The van der Waals surface area contributed by atoms with E-state index in [0.29, 0.717) is 11.6 Å². The Morgan fingerprint density at radius 1 is 1.55 bits per heavy atom. The van der Waals surface area contributed by atoms with E-state index in [9.17, 15) is 4.79 Å². The van der Waals surface area contributed by atoms with Gasteiger partial charge in [0.05, 0.1) is 11.3 Å². The van der Waals surface area contributed by atoms with Crippen molar-refractivity contribution in [2.45, 2.75) is 31.8 Å². The van der Waals surface area contributed by atoms with E-state index in [0.717, 1.165) is 43.9 Å². The molecule has 1 amide bonds. The molecule has 1 unspecified atom stereocenters. The van der Waals surface area contributed by atoms with Gasteiger partial charge in [0, 0.05) is 31.9 Å². The molecule has 0 spiro atoms. The minimum atomic E-state index is -0.501. The summed E-state index contributed by atoms with van der Waals surface area (Å²) >= 11 is 0. The minimum absolute atomic E-state index is 0.416. The Labute approximate surface area is 118 Å². The summed E-state index contributed by atoms with van der Waals surface area (Å²) in [4.78, 5) is 18.3. The maximum Gasteiger partial charge on any atom is 0.276 e. The molecule has 6 heteroatoms. The van der Waals surface area contributed by atoms with Crippen LogP contribution in [0.4, 0.5) is 0 Å². The fraction of sp³-hybridized carbons (Fsp3) is 0.571. The number of pyridine rings is 1. The number of rotatable bonds is 2. The van der Waals surface area contributed by atoms with Crippen molar-refractivity contribution in [2.75, 3.05) is 19.6 Å². The number of hydroxylamine groups is 1. The van der Waals surface area contributed by atoms with Crippen molar-refractivity contribution < 1.29 is 10.0 Å². The van der Waals surface area contributed by atoms with Crippen LogP contribution >= 0.6 is 0 Å². The number of hydrogen-bond donors (Lipinski definition) is 3. The number of piperidine rings is 1. The van der Waals surface area contributed by atoms with Crippen LogP contribution in [0.5, 0.6) is 0 Å². The van der Waals surface area contributed by atoms with Gasteiger partial charge in [-0.2, -0.15) is 0 Å². The zero-order chi connectivity index (χ0) is 13.9. The molecule has 2 aliphatic rings. The molecule has 1 fully saturated rings. The number of nitrogens with zero attached hydrogens (tertiary/aromatic N) is 2. The molecular formula is C14H20N4O2. The van der Waals surface area contributed by atoms with Crippen LogP contribution in [0, 0.1) is 0 Å². The lowest BCUT2D eigenvalue weighted by Crippen LogP contribution is -2.47. The van der Waals surface area contributed by atoms with Gasteiger partial charge < -0.3 is 5.32 Å². The van der Waals surface area contributed by atoms with E-state index >= 15 is 0 Å². The maximum absolute atomic E-state index is 11.4. The highest BCUT2D eigenvalue weighted by Crippen LogP contribution is 2.22. The van der Waals surface area contributed by atoms with Crippen LogP contribution < -0.4 is 10.8 Å². The quantitative estimate of drug-likeness (QED) is 0.535. The largest absolute Gasteiger partial charge is 0.315 e. The van der Waals surface area contributed by atoms with Crippen LogP contribution in [0.15, 0.2) is 12.3 Å². The number of aromatic nitrogens is 1. The molecule has 6 nitrogen and oxygen atoms in total. The van der Waals surface area contributed by atoms with Gasteiger partial charge in [-0.15, -0.1) is 0 Å². The summed E-state index contributed by atoms with van der Waals surface area (Å²) in [6, 6.07) is 2.43. The van der Waals surface area contributed by atoms with Gasteiger partial charge in [-0.05, 0) is 37.4 Å². The summed E-state index contributed by atoms with van der Waals surface area (Å²) < 4.78 is 0. The molecule has 2 aliphatic heterocycles. The molecule has 1 saturated heterocycles. The van der Waals surface area contributed by atoms with Gasteiger partial charge in [0.2, 0.25) is 0 Å². The van der Waals surface area contributed by atoms with Crippen molar-refractivity contribution in [3.05, 3.63) is 29.1 Å². The zero-order valence-corrected chi connectivity index (χ0v) is 11.4. The van der Waals surface area contributed by atoms with E-state index in [-0.39, 0.29) is 0 Å². The lowest BCUT2D eigenvalue weighted by molar-refractivity contribution is 0.0705. The summed E-state index contributed by atoms with van der Waals surface area (Å²) in [5, 5.41) is 12.1. The monoisotopic (exact) mass is 276 g/mol. The lowest BCUT2D eigenvalue weighted by atomic mass is 9.98. The van der Waals surface area contributed by atoms with Crippen LogP contribution in [-0.2, 0) is 13.0 Å². The average Bonchev–Trinajstić information content (AvgIpc) is 2.54. The standard InChI is InChI=1S/C14H20N4O2/c19-14(17-20)11-6-10-3-5-18(9-13(10)16-7-11)12-2-1-4-15-8-12/h6-7,12,15,20H,1-5,8-9H2,(H,17,19). The first-order valence-electron chi connectivity index (χ1n) is 7.15. The molecule has 108 valence electrons. The van der Waals surface area contributed by atoms with Crippen molar-refractivity contribution in [1.82, 2.24) is 20.7 Å². The van der Waals surface area contributed by atoms with Gasteiger partial charge in [-0.3, -0.25) is 19.9 Å². The summed E-state index contributed by atoms with van der Waals surface area (Å²) in [5.41, 5.74) is 4.24. The minimum Gasteiger partial charge on any atom is -0.315 e. The SMILES string of the molecule is O=C(NO)c1cnc2c(c1)CCN(C1CCCNC1)C2. The van der Waals surface area contributed by atoms with Crippen LogP contribution in [0.2, 0.25) is 0 Å². The number of carbonyl (C=O) groups is 1. The Kier molecular flexibility index (Phi) is 3.95. The van der Waals surface area contributed by atoms with Crippen LogP contribution in [0.25, 0.3) is 0 Å². The molecule has 3 N–H and O–H groups in total. The summed E-state index contributed by atoms with van der Waals surface area (Å²) in [6.07, 6.45) is 4.92. The van der Waals surface area contributed by atoms with E-state index in [4.69, 9.17) is 5.21 Å². The molecule has 0 aromatic carbocycles. The third-order valence-electron chi connectivity index (χ3n) is 4.23. The number of nitrogens with one attached hydrogen (secondary N) is 2. The number of fused-ring (bicyclic) bond motifs is 1. The maximum atomic E-state index is 11.4. The molecule has 3 heterocycles. The molecule has 3 rings (SSSR count). The topological polar surface area (TPSA) is 77.5 Å². The molecule has 0 radical (unpaired) electrons. The molecule has 1 atom stereocenters. The summed E-state index contributed by atoms with van der Waals surface area (Å²) in [5.74, 6) is -0.501. The van der Waals surface area contributed by atoms with Gasteiger partial charge in [0.1, 0.15) is 0 Å². The molecule has 1 aromatic heterocycles. The second kappa shape index (κ2) is 5.87. The van der Waals surface area contributed by atoms with Crippen molar-refractivity contribution >= 4 is 5.91 Å². The van der Waals surface area contributed by atoms with E-state index in [1.165, 1.54) is 19.0 Å². The first-order valence-corrected chi connectivity index (χ1v) is 7.15. The normalized spacial score (nSPS) is 23.1. The Bertz CT molecular complexity index is 500. The van der Waals surface area contributed by atoms with Gasteiger partial charge in [0.25, 0.3) is 5.91 Å². The van der Waals surface area contributed by atoms with E-state index < -0.39 is 5.91 Å². The zero-order valence-electron chi connectivity index (χ0n) is 11.4. The Balaban J connectivity index is 1.73. The van der Waals surface area contributed by atoms with Crippen LogP contribution in [0.1, 0.15) is 34.5 Å². The highest BCUT2D eigenvalue weighted by atomic mass is 16.5.